The van der Waals surface area contributed by atoms with Crippen LogP contribution in [0.15, 0.2) is 0 Å². The van der Waals surface area contributed by atoms with E-state index in [1.807, 2.05) is 0 Å². The van der Waals surface area contributed by atoms with Crippen molar-refractivity contribution in [3.8, 4) is 0 Å². The molecule has 0 radical (unpaired) electrons. The van der Waals surface area contributed by atoms with Crippen molar-refractivity contribution in [2.75, 3.05) is 13.2 Å². The first-order valence-electron chi connectivity index (χ1n) is 7.19. The smallest absolute Gasteiger partial charge is 0.358 e. The lowest BCUT2D eigenvalue weighted by Crippen LogP contribution is -2.40. The van der Waals surface area contributed by atoms with Crippen molar-refractivity contribution < 1.29 is 19.4 Å². The zero-order valence-corrected chi connectivity index (χ0v) is 11.6. The number of hydrogen-bond acceptors (Lipinski definition) is 5. The number of carboxylic acids is 1. The number of aromatic carboxylic acids is 1. The largest absolute Gasteiger partial charge is 0.476 e. The molecule has 2 heterocycles. The van der Waals surface area contributed by atoms with Crippen LogP contribution in [0.5, 0.6) is 0 Å². The van der Waals surface area contributed by atoms with Crippen LogP contribution in [0, 0.1) is 0 Å². The van der Waals surface area contributed by atoms with Crippen LogP contribution in [0.3, 0.4) is 0 Å². The van der Waals surface area contributed by atoms with Crippen molar-refractivity contribution in [2.24, 2.45) is 0 Å². The summed E-state index contributed by atoms with van der Waals surface area (Å²) in [7, 11) is 0. The van der Waals surface area contributed by atoms with Crippen molar-refractivity contribution in [2.45, 2.75) is 44.2 Å². The number of amides is 1. The van der Waals surface area contributed by atoms with Gasteiger partial charge in [-0.3, -0.25) is 4.79 Å². The molecule has 1 aromatic heterocycles. The number of hydrogen-bond donors (Lipinski definition) is 2. The van der Waals surface area contributed by atoms with Crippen LogP contribution >= 0.6 is 0 Å². The van der Waals surface area contributed by atoms with Gasteiger partial charge in [0.25, 0.3) is 0 Å². The summed E-state index contributed by atoms with van der Waals surface area (Å²) in [5.41, 5.74) is 0.543. The van der Waals surface area contributed by atoms with Crippen LogP contribution in [0.4, 0.5) is 0 Å². The highest BCUT2D eigenvalue weighted by molar-refractivity contribution is 5.87. The minimum absolute atomic E-state index is 0.0173. The average Bonchev–Trinajstić information content (AvgIpc) is 3.21. The Bertz CT molecular complexity index is 546. The monoisotopic (exact) mass is 294 g/mol. The maximum absolute atomic E-state index is 12.1. The molecule has 1 aliphatic carbocycles. The first kappa shape index (κ1) is 14.0. The SMILES string of the molecule is O=C(Cn1nnc(C(=O)O)c1C1CC1)NC1CCOCC1. The predicted octanol–water partition coefficient (Wildman–Crippen LogP) is 0.149. The van der Waals surface area contributed by atoms with E-state index in [4.69, 9.17) is 9.84 Å². The minimum atomic E-state index is -1.09. The summed E-state index contributed by atoms with van der Waals surface area (Å²) in [5.74, 6) is -1.08. The normalized spacial score (nSPS) is 19.4. The summed E-state index contributed by atoms with van der Waals surface area (Å²) in [6.07, 6.45) is 3.46. The number of carboxylic acid groups (broad SMARTS) is 1. The van der Waals surface area contributed by atoms with Crippen LogP contribution in [0.1, 0.15) is 47.8 Å². The molecule has 3 rings (SSSR count). The average molecular weight is 294 g/mol. The van der Waals surface area contributed by atoms with Crippen molar-refractivity contribution >= 4 is 11.9 Å². The molecule has 0 atom stereocenters. The second-order valence-corrected chi connectivity index (χ2v) is 5.51. The molecule has 2 aliphatic rings. The van der Waals surface area contributed by atoms with E-state index in [-0.39, 0.29) is 30.1 Å². The third-order valence-corrected chi connectivity index (χ3v) is 3.82. The molecule has 2 N–H and O–H groups in total. The van der Waals surface area contributed by atoms with Crippen LogP contribution in [0.2, 0.25) is 0 Å². The van der Waals surface area contributed by atoms with Gasteiger partial charge in [-0.15, -0.1) is 5.10 Å². The van der Waals surface area contributed by atoms with Gasteiger partial charge in [-0.2, -0.15) is 0 Å². The topological polar surface area (TPSA) is 106 Å². The lowest BCUT2D eigenvalue weighted by molar-refractivity contribution is -0.123. The van der Waals surface area contributed by atoms with Crippen molar-refractivity contribution in [3.63, 3.8) is 0 Å². The number of aromatic nitrogens is 3. The van der Waals surface area contributed by atoms with E-state index >= 15 is 0 Å². The Hall–Kier alpha value is -1.96. The minimum Gasteiger partial charge on any atom is -0.476 e. The number of ether oxygens (including phenoxy) is 1. The van der Waals surface area contributed by atoms with Crippen molar-refractivity contribution in [1.82, 2.24) is 20.3 Å². The molecular weight excluding hydrogens is 276 g/mol. The lowest BCUT2D eigenvalue weighted by Gasteiger charge is -2.23. The number of carbonyl (C=O) groups excluding carboxylic acids is 1. The molecule has 8 nitrogen and oxygen atoms in total. The fourth-order valence-electron chi connectivity index (χ4n) is 2.60. The number of nitrogens with one attached hydrogen (secondary N) is 1. The first-order chi connectivity index (χ1) is 10.1. The second-order valence-electron chi connectivity index (χ2n) is 5.51. The van der Waals surface area contributed by atoms with Gasteiger partial charge in [0.2, 0.25) is 5.91 Å². The highest BCUT2D eigenvalue weighted by atomic mass is 16.5. The van der Waals surface area contributed by atoms with Crippen LogP contribution in [0.25, 0.3) is 0 Å². The van der Waals surface area contributed by atoms with Crippen LogP contribution in [-0.2, 0) is 16.1 Å². The van der Waals surface area contributed by atoms with Gasteiger partial charge in [0, 0.05) is 25.2 Å². The van der Waals surface area contributed by atoms with Gasteiger partial charge < -0.3 is 15.2 Å². The molecule has 21 heavy (non-hydrogen) atoms. The number of rotatable bonds is 5. The molecule has 0 spiro atoms. The Morgan fingerprint density at radius 2 is 2.00 bits per heavy atom. The molecule has 1 aliphatic heterocycles. The van der Waals surface area contributed by atoms with Gasteiger partial charge in [-0.1, -0.05) is 5.21 Å². The fraction of sp³-hybridized carbons (Fsp3) is 0.692. The Balaban J connectivity index is 1.66. The van der Waals surface area contributed by atoms with E-state index in [9.17, 15) is 9.59 Å². The molecule has 1 saturated heterocycles. The zero-order valence-electron chi connectivity index (χ0n) is 11.6. The Morgan fingerprint density at radius 1 is 1.29 bits per heavy atom. The summed E-state index contributed by atoms with van der Waals surface area (Å²) in [6.45, 7) is 1.33. The van der Waals surface area contributed by atoms with Gasteiger partial charge >= 0.3 is 5.97 Å². The zero-order chi connectivity index (χ0) is 14.8. The third kappa shape index (κ3) is 3.21. The second kappa shape index (κ2) is 5.80. The molecule has 0 bridgehead atoms. The molecule has 0 unspecified atom stereocenters. The predicted molar refractivity (Wildman–Crippen MR) is 70.9 cm³/mol. The molecule has 8 heteroatoms. The van der Waals surface area contributed by atoms with E-state index in [0.717, 1.165) is 25.7 Å². The standard InChI is InChI=1S/C13H18N4O4/c18-10(14-9-3-5-21-6-4-9)7-17-12(8-1-2-8)11(13(19)20)15-16-17/h8-9H,1-7H2,(H,14,18)(H,19,20). The van der Waals surface area contributed by atoms with E-state index in [1.54, 1.807) is 0 Å². The number of nitrogens with zero attached hydrogens (tertiary/aromatic N) is 3. The van der Waals surface area contributed by atoms with Gasteiger partial charge in [-0.25, -0.2) is 9.48 Å². The lowest BCUT2D eigenvalue weighted by atomic mass is 10.1. The molecule has 114 valence electrons. The van der Waals surface area contributed by atoms with Crippen LogP contribution < -0.4 is 5.32 Å². The van der Waals surface area contributed by atoms with E-state index in [1.165, 1.54) is 4.68 Å². The van der Waals surface area contributed by atoms with Gasteiger partial charge in [0.15, 0.2) is 5.69 Å². The highest BCUT2D eigenvalue weighted by Gasteiger charge is 2.34. The number of carbonyl (C=O) groups is 2. The first-order valence-corrected chi connectivity index (χ1v) is 7.19. The molecular formula is C13H18N4O4. The van der Waals surface area contributed by atoms with Gasteiger partial charge in [0.05, 0.1) is 5.69 Å². The Morgan fingerprint density at radius 3 is 2.62 bits per heavy atom. The summed E-state index contributed by atoms with van der Waals surface area (Å²) in [4.78, 5) is 23.2. The molecule has 2 fully saturated rings. The van der Waals surface area contributed by atoms with Crippen molar-refractivity contribution in [3.05, 3.63) is 11.4 Å². The fourth-order valence-corrected chi connectivity index (χ4v) is 2.60. The summed E-state index contributed by atoms with van der Waals surface area (Å²) in [5, 5.41) is 19.6. The molecule has 1 amide bonds. The quantitative estimate of drug-likeness (QED) is 0.800. The third-order valence-electron chi connectivity index (χ3n) is 3.82. The van der Waals surface area contributed by atoms with Gasteiger partial charge in [-0.05, 0) is 25.7 Å². The van der Waals surface area contributed by atoms with E-state index in [0.29, 0.717) is 18.9 Å². The summed E-state index contributed by atoms with van der Waals surface area (Å²) >= 11 is 0. The summed E-state index contributed by atoms with van der Waals surface area (Å²) in [6, 6.07) is 0.123. The molecule has 1 aromatic rings. The Labute approximate surface area is 121 Å². The van der Waals surface area contributed by atoms with Crippen LogP contribution in [-0.4, -0.2) is 51.2 Å². The Kier molecular flexibility index (Phi) is 3.87. The van der Waals surface area contributed by atoms with Crippen molar-refractivity contribution in [1.29, 1.82) is 0 Å². The molecule has 1 saturated carbocycles. The van der Waals surface area contributed by atoms with E-state index in [2.05, 4.69) is 15.6 Å². The van der Waals surface area contributed by atoms with Gasteiger partial charge in [0.1, 0.15) is 6.54 Å². The molecule has 0 aromatic carbocycles. The van der Waals surface area contributed by atoms with E-state index < -0.39 is 5.97 Å². The maximum atomic E-state index is 12.1. The summed E-state index contributed by atoms with van der Waals surface area (Å²) < 4.78 is 6.67. The maximum Gasteiger partial charge on any atom is 0.358 e. The highest BCUT2D eigenvalue weighted by Crippen LogP contribution is 2.41.